The molecule has 7 rings (SSSR count). The van der Waals surface area contributed by atoms with E-state index in [1.165, 1.54) is 11.1 Å². The van der Waals surface area contributed by atoms with Crippen molar-refractivity contribution in [1.82, 2.24) is 19.9 Å². The van der Waals surface area contributed by atoms with E-state index in [0.29, 0.717) is 43.2 Å². The number of halogens is 1. The summed E-state index contributed by atoms with van der Waals surface area (Å²) < 4.78 is 25.5. The third-order valence-electron chi connectivity index (χ3n) is 7.50. The van der Waals surface area contributed by atoms with E-state index in [1.54, 1.807) is 0 Å². The van der Waals surface area contributed by atoms with Gasteiger partial charge in [0, 0.05) is 44.5 Å². The molecule has 0 unspecified atom stereocenters. The maximum Gasteiger partial charge on any atom is 0.229 e. The van der Waals surface area contributed by atoms with Crippen molar-refractivity contribution in [2.45, 2.75) is 32.0 Å². The summed E-state index contributed by atoms with van der Waals surface area (Å²) in [4.78, 5) is 19.3. The van der Waals surface area contributed by atoms with E-state index in [-0.39, 0.29) is 0 Å². The van der Waals surface area contributed by atoms with E-state index in [4.69, 9.17) is 19.1 Å². The number of benzene rings is 1. The van der Waals surface area contributed by atoms with Crippen LogP contribution in [0.2, 0.25) is 0 Å². The van der Waals surface area contributed by atoms with Crippen molar-refractivity contribution in [3.8, 4) is 11.4 Å². The quantitative estimate of drug-likeness (QED) is 0.412. The molecule has 8 heteroatoms. The lowest BCUT2D eigenvalue weighted by atomic mass is 10.0. The van der Waals surface area contributed by atoms with Gasteiger partial charge < -0.3 is 14.1 Å². The molecule has 3 aliphatic rings. The lowest BCUT2D eigenvalue weighted by Crippen LogP contribution is -2.37. The summed E-state index contributed by atoms with van der Waals surface area (Å²) in [6.45, 7) is 5.09. The maximum absolute atomic E-state index is 13.6. The van der Waals surface area contributed by atoms with Crippen LogP contribution in [0.4, 0.5) is 10.2 Å². The Kier molecular flexibility index (Phi) is 5.44. The van der Waals surface area contributed by atoms with Crippen LogP contribution in [0.25, 0.3) is 39.7 Å². The van der Waals surface area contributed by atoms with Gasteiger partial charge in [-0.15, -0.1) is 0 Å². The molecule has 0 atom stereocenters. The SMILES string of the molecule is FC1CCN(Cc2cnc3oc4c(N5CCOCC5)nc(-c5cccc6c5C=CC6)nc4c3c2)CC1. The van der Waals surface area contributed by atoms with E-state index in [0.717, 1.165) is 67.0 Å². The first kappa shape index (κ1) is 21.9. The number of likely N-dealkylation sites (tertiary alicyclic amines) is 1. The maximum atomic E-state index is 13.6. The second-order valence-corrected chi connectivity index (χ2v) is 9.88. The highest BCUT2D eigenvalue weighted by atomic mass is 19.1. The fourth-order valence-corrected chi connectivity index (χ4v) is 5.56. The van der Waals surface area contributed by atoms with Crippen LogP contribution in [0.3, 0.4) is 0 Å². The molecular formula is C28H28FN5O2. The number of piperidine rings is 1. The van der Waals surface area contributed by atoms with Crippen LogP contribution >= 0.6 is 0 Å². The molecule has 1 aliphatic carbocycles. The molecule has 7 nitrogen and oxygen atoms in total. The van der Waals surface area contributed by atoms with E-state index in [9.17, 15) is 4.39 Å². The number of fused-ring (bicyclic) bond motifs is 4. The van der Waals surface area contributed by atoms with Gasteiger partial charge in [-0.1, -0.05) is 30.4 Å². The molecule has 2 aliphatic heterocycles. The normalized spacial score (nSPS) is 19.0. The Morgan fingerprint density at radius 3 is 2.78 bits per heavy atom. The number of morpholine rings is 1. The molecule has 2 fully saturated rings. The fourth-order valence-electron chi connectivity index (χ4n) is 5.56. The molecule has 0 N–H and O–H groups in total. The van der Waals surface area contributed by atoms with Crippen molar-refractivity contribution < 1.29 is 13.5 Å². The number of anilines is 1. The summed E-state index contributed by atoms with van der Waals surface area (Å²) >= 11 is 0. The predicted molar refractivity (Wildman–Crippen MR) is 138 cm³/mol. The van der Waals surface area contributed by atoms with E-state index in [1.807, 2.05) is 6.20 Å². The van der Waals surface area contributed by atoms with E-state index < -0.39 is 6.17 Å². The molecule has 5 heterocycles. The largest absolute Gasteiger partial charge is 0.432 e. The zero-order valence-corrected chi connectivity index (χ0v) is 20.1. The number of ether oxygens (including phenoxy) is 1. The van der Waals surface area contributed by atoms with Crippen molar-refractivity contribution in [1.29, 1.82) is 0 Å². The van der Waals surface area contributed by atoms with Crippen molar-refractivity contribution >= 4 is 34.1 Å². The molecule has 0 amide bonds. The molecule has 3 aromatic heterocycles. The minimum atomic E-state index is -0.678. The van der Waals surface area contributed by atoms with Crippen LogP contribution in [0, 0.1) is 0 Å². The number of rotatable bonds is 4. The molecule has 36 heavy (non-hydrogen) atoms. The smallest absolute Gasteiger partial charge is 0.229 e. The Bertz CT molecular complexity index is 1470. The lowest BCUT2D eigenvalue weighted by molar-refractivity contribution is 0.122. The number of aromatic nitrogens is 3. The number of pyridine rings is 1. The Labute approximate surface area is 208 Å². The van der Waals surface area contributed by atoms with Gasteiger partial charge in [0.05, 0.1) is 18.6 Å². The molecule has 0 spiro atoms. The number of allylic oxidation sites excluding steroid dienone is 1. The monoisotopic (exact) mass is 485 g/mol. The zero-order valence-electron chi connectivity index (χ0n) is 20.1. The average molecular weight is 486 g/mol. The van der Waals surface area contributed by atoms with Gasteiger partial charge in [0.2, 0.25) is 5.71 Å². The molecular weight excluding hydrogens is 457 g/mol. The summed E-state index contributed by atoms with van der Waals surface area (Å²) in [6.07, 6.45) is 7.67. The predicted octanol–water partition coefficient (Wildman–Crippen LogP) is 4.78. The Hall–Kier alpha value is -3.36. The Morgan fingerprint density at radius 2 is 1.92 bits per heavy atom. The van der Waals surface area contributed by atoms with Gasteiger partial charge in [0.25, 0.3) is 0 Å². The van der Waals surface area contributed by atoms with Gasteiger partial charge >= 0.3 is 0 Å². The first-order valence-corrected chi connectivity index (χ1v) is 12.8. The Morgan fingerprint density at radius 1 is 1.06 bits per heavy atom. The van der Waals surface area contributed by atoms with Gasteiger partial charge in [-0.05, 0) is 42.0 Å². The molecule has 0 radical (unpaired) electrons. The van der Waals surface area contributed by atoms with Crippen LogP contribution in [0.5, 0.6) is 0 Å². The van der Waals surface area contributed by atoms with Crippen molar-refractivity contribution in [2.24, 2.45) is 0 Å². The van der Waals surface area contributed by atoms with Gasteiger partial charge in [-0.2, -0.15) is 0 Å². The molecule has 184 valence electrons. The number of hydrogen-bond donors (Lipinski definition) is 0. The summed E-state index contributed by atoms with van der Waals surface area (Å²) in [5.41, 5.74) is 6.61. The van der Waals surface area contributed by atoms with E-state index >= 15 is 0 Å². The molecule has 0 saturated carbocycles. The highest BCUT2D eigenvalue weighted by Crippen LogP contribution is 2.37. The summed E-state index contributed by atoms with van der Waals surface area (Å²) in [5.74, 6) is 1.49. The molecule has 1 aromatic carbocycles. The van der Waals surface area contributed by atoms with Crippen molar-refractivity contribution in [3.05, 3.63) is 53.2 Å². The van der Waals surface area contributed by atoms with Gasteiger partial charge in [0.15, 0.2) is 17.2 Å². The third kappa shape index (κ3) is 3.85. The molecule has 2 saturated heterocycles. The van der Waals surface area contributed by atoms with Gasteiger partial charge in [0.1, 0.15) is 11.7 Å². The second-order valence-electron chi connectivity index (χ2n) is 9.88. The third-order valence-corrected chi connectivity index (χ3v) is 7.50. The first-order chi connectivity index (χ1) is 17.7. The van der Waals surface area contributed by atoms with Crippen LogP contribution < -0.4 is 4.90 Å². The number of nitrogens with zero attached hydrogens (tertiary/aromatic N) is 5. The minimum absolute atomic E-state index is 0.565. The first-order valence-electron chi connectivity index (χ1n) is 12.8. The second kappa shape index (κ2) is 8.94. The van der Waals surface area contributed by atoms with Crippen LogP contribution in [-0.4, -0.2) is 65.4 Å². The average Bonchev–Trinajstić information content (AvgIpc) is 3.54. The highest BCUT2D eigenvalue weighted by molar-refractivity contribution is 6.05. The van der Waals surface area contributed by atoms with E-state index in [2.05, 4.69) is 51.2 Å². The molecule has 4 aromatic rings. The van der Waals surface area contributed by atoms with Gasteiger partial charge in [-0.3, -0.25) is 4.90 Å². The van der Waals surface area contributed by atoms with Gasteiger partial charge in [-0.25, -0.2) is 19.3 Å². The molecule has 0 bridgehead atoms. The number of alkyl halides is 1. The summed E-state index contributed by atoms with van der Waals surface area (Å²) in [6, 6.07) is 8.47. The minimum Gasteiger partial charge on any atom is -0.432 e. The summed E-state index contributed by atoms with van der Waals surface area (Å²) in [5, 5.41) is 0.893. The van der Waals surface area contributed by atoms with Crippen molar-refractivity contribution in [2.75, 3.05) is 44.3 Å². The Balaban J connectivity index is 1.37. The standard InChI is InChI=1S/C28H28FN5O2/c29-20-7-9-33(10-8-20)17-18-15-23-24-25(36-28(23)30-16-18)27(34-11-13-35-14-12-34)32-26(31-24)22-6-2-4-19-3-1-5-21(19)22/h1-2,4-6,15-16,20H,3,7-14,17H2. The van der Waals surface area contributed by atoms with Crippen LogP contribution in [0.15, 0.2) is 41.0 Å². The summed E-state index contributed by atoms with van der Waals surface area (Å²) in [7, 11) is 0. The fraction of sp³-hybridized carbons (Fsp3) is 0.393. The zero-order chi connectivity index (χ0) is 24.1. The number of hydrogen-bond acceptors (Lipinski definition) is 7. The van der Waals surface area contributed by atoms with Crippen molar-refractivity contribution in [3.63, 3.8) is 0 Å². The van der Waals surface area contributed by atoms with Crippen LogP contribution in [0.1, 0.15) is 29.5 Å². The highest BCUT2D eigenvalue weighted by Gasteiger charge is 2.25. The lowest BCUT2D eigenvalue weighted by Gasteiger charge is -2.28. The van der Waals surface area contributed by atoms with Crippen LogP contribution in [-0.2, 0) is 17.7 Å². The topological polar surface area (TPSA) is 67.5 Å². The number of furan rings is 1.